The zero-order chi connectivity index (χ0) is 17.7. The van der Waals surface area contributed by atoms with Crippen LogP contribution >= 0.6 is 11.6 Å². The molecule has 1 aliphatic carbocycles. The van der Waals surface area contributed by atoms with Gasteiger partial charge in [0, 0.05) is 17.3 Å². The molecule has 4 heteroatoms. The van der Waals surface area contributed by atoms with Crippen molar-refractivity contribution in [2.75, 3.05) is 27.2 Å². The molecule has 1 aliphatic rings. The molecule has 0 aromatic heterocycles. The molecule has 0 amide bonds. The van der Waals surface area contributed by atoms with Gasteiger partial charge in [0.1, 0.15) is 0 Å². The highest BCUT2D eigenvalue weighted by Gasteiger charge is 2.23. The number of nitrogens with one attached hydrogen (secondary N) is 1. The van der Waals surface area contributed by atoms with Crippen LogP contribution in [-0.4, -0.2) is 32.1 Å². The molecule has 0 heterocycles. The summed E-state index contributed by atoms with van der Waals surface area (Å²) in [4.78, 5) is 7.68. The van der Waals surface area contributed by atoms with Crippen molar-refractivity contribution in [2.24, 2.45) is 5.41 Å². The van der Waals surface area contributed by atoms with E-state index >= 15 is 0 Å². The Morgan fingerprint density at radius 1 is 1.29 bits per heavy atom. The summed E-state index contributed by atoms with van der Waals surface area (Å²) in [7, 11) is 4.06. The van der Waals surface area contributed by atoms with Crippen LogP contribution < -0.4 is 5.48 Å². The lowest BCUT2D eigenvalue weighted by Crippen LogP contribution is -2.26. The third-order valence-electron chi connectivity index (χ3n) is 3.91. The molecule has 0 bridgehead atoms. The molecule has 1 aromatic carbocycles. The summed E-state index contributed by atoms with van der Waals surface area (Å²) < 4.78 is 0. The third-order valence-corrected chi connectivity index (χ3v) is 4.16. The molecule has 0 aliphatic heterocycles. The monoisotopic (exact) mass is 346 g/mol. The minimum Gasteiger partial charge on any atom is -0.307 e. The van der Waals surface area contributed by atoms with Crippen LogP contribution in [0.2, 0.25) is 5.02 Å². The number of hydrogen-bond acceptors (Lipinski definition) is 3. The standard InChI is InChI=1S/C20H27ClN2O/c1-15(16-6-8-18(21)9-7-16)17-12-19(14-20(2,3)13-17)22-24-11-10-23(4)5/h6-9,12-13,22H,1,10-11,14H2,2-5H3. The van der Waals surface area contributed by atoms with Gasteiger partial charge in [-0.15, -0.1) is 0 Å². The number of halogens is 1. The quantitative estimate of drug-likeness (QED) is 0.573. The zero-order valence-electron chi connectivity index (χ0n) is 15.0. The van der Waals surface area contributed by atoms with Crippen LogP contribution in [0.3, 0.4) is 0 Å². The summed E-state index contributed by atoms with van der Waals surface area (Å²) in [6.45, 7) is 10.2. The molecule has 0 saturated carbocycles. The van der Waals surface area contributed by atoms with Crippen LogP contribution in [0.4, 0.5) is 0 Å². The van der Waals surface area contributed by atoms with Crippen molar-refractivity contribution in [1.82, 2.24) is 10.4 Å². The van der Waals surface area contributed by atoms with Crippen molar-refractivity contribution in [3.8, 4) is 0 Å². The van der Waals surface area contributed by atoms with E-state index in [9.17, 15) is 0 Å². The Morgan fingerprint density at radius 2 is 1.96 bits per heavy atom. The van der Waals surface area contributed by atoms with Crippen LogP contribution in [0.1, 0.15) is 25.8 Å². The second-order valence-electron chi connectivity index (χ2n) is 7.17. The maximum atomic E-state index is 5.98. The number of hydroxylamine groups is 1. The summed E-state index contributed by atoms with van der Waals surface area (Å²) >= 11 is 5.98. The second kappa shape index (κ2) is 8.02. The first-order chi connectivity index (χ1) is 11.3. The minimum atomic E-state index is 0.0483. The lowest BCUT2D eigenvalue weighted by Gasteiger charge is -2.29. The molecule has 0 atom stereocenters. The van der Waals surface area contributed by atoms with Crippen molar-refractivity contribution in [3.63, 3.8) is 0 Å². The Bertz CT molecular complexity index is 642. The number of benzene rings is 1. The fraction of sp³-hybridized carbons (Fsp3) is 0.400. The van der Waals surface area contributed by atoms with E-state index in [-0.39, 0.29) is 5.41 Å². The van der Waals surface area contributed by atoms with Crippen molar-refractivity contribution in [2.45, 2.75) is 20.3 Å². The van der Waals surface area contributed by atoms with Crippen molar-refractivity contribution in [1.29, 1.82) is 0 Å². The fourth-order valence-corrected chi connectivity index (χ4v) is 2.80. The van der Waals surface area contributed by atoms with Gasteiger partial charge in [0.15, 0.2) is 0 Å². The molecular weight excluding hydrogens is 320 g/mol. The van der Waals surface area contributed by atoms with Crippen LogP contribution in [-0.2, 0) is 4.84 Å². The van der Waals surface area contributed by atoms with Gasteiger partial charge in [-0.2, -0.15) is 0 Å². The van der Waals surface area contributed by atoms with Gasteiger partial charge in [-0.1, -0.05) is 50.2 Å². The van der Waals surface area contributed by atoms with E-state index in [0.717, 1.165) is 40.4 Å². The predicted octanol–water partition coefficient (Wildman–Crippen LogP) is 4.68. The predicted molar refractivity (Wildman–Crippen MR) is 103 cm³/mol. The van der Waals surface area contributed by atoms with Crippen molar-refractivity contribution >= 4 is 17.2 Å². The van der Waals surface area contributed by atoms with Crippen LogP contribution in [0.5, 0.6) is 0 Å². The largest absolute Gasteiger partial charge is 0.307 e. The Balaban J connectivity index is 2.10. The van der Waals surface area contributed by atoms with Gasteiger partial charge in [0.25, 0.3) is 0 Å². The highest BCUT2D eigenvalue weighted by molar-refractivity contribution is 6.30. The first-order valence-electron chi connectivity index (χ1n) is 8.18. The zero-order valence-corrected chi connectivity index (χ0v) is 15.8. The normalized spacial score (nSPS) is 16.6. The molecular formula is C20H27ClN2O. The summed E-state index contributed by atoms with van der Waals surface area (Å²) in [5.74, 6) is 0. The van der Waals surface area contributed by atoms with E-state index in [4.69, 9.17) is 16.4 Å². The highest BCUT2D eigenvalue weighted by Crippen LogP contribution is 2.36. The molecule has 1 aromatic rings. The summed E-state index contributed by atoms with van der Waals surface area (Å²) in [6, 6.07) is 7.79. The molecule has 0 unspecified atom stereocenters. The molecule has 0 saturated heterocycles. The molecule has 2 rings (SSSR count). The van der Waals surface area contributed by atoms with E-state index < -0.39 is 0 Å². The van der Waals surface area contributed by atoms with Gasteiger partial charge in [0.2, 0.25) is 0 Å². The van der Waals surface area contributed by atoms with E-state index in [1.165, 1.54) is 0 Å². The molecule has 0 radical (unpaired) electrons. The van der Waals surface area contributed by atoms with Crippen LogP contribution in [0, 0.1) is 5.41 Å². The van der Waals surface area contributed by atoms with Crippen molar-refractivity contribution < 1.29 is 4.84 Å². The Morgan fingerprint density at radius 3 is 2.58 bits per heavy atom. The highest BCUT2D eigenvalue weighted by atomic mass is 35.5. The smallest absolute Gasteiger partial charge is 0.0872 e. The van der Waals surface area contributed by atoms with Crippen molar-refractivity contribution in [3.05, 3.63) is 64.9 Å². The van der Waals surface area contributed by atoms with Crippen LogP contribution in [0.25, 0.3) is 5.57 Å². The maximum absolute atomic E-state index is 5.98. The third kappa shape index (κ3) is 5.52. The van der Waals surface area contributed by atoms with Gasteiger partial charge in [-0.3, -0.25) is 10.3 Å². The van der Waals surface area contributed by atoms with E-state index in [1.807, 2.05) is 38.4 Å². The van der Waals surface area contributed by atoms with Gasteiger partial charge in [0.05, 0.1) is 6.61 Å². The number of hydrogen-bond donors (Lipinski definition) is 1. The number of likely N-dealkylation sites (N-methyl/N-ethyl adjacent to an activating group) is 1. The summed E-state index contributed by atoms with van der Waals surface area (Å²) in [5.41, 5.74) is 7.42. The maximum Gasteiger partial charge on any atom is 0.0872 e. The molecule has 1 N–H and O–H groups in total. The lowest BCUT2D eigenvalue weighted by atomic mass is 9.79. The molecule has 3 nitrogen and oxygen atoms in total. The first-order valence-corrected chi connectivity index (χ1v) is 8.56. The summed E-state index contributed by atoms with van der Waals surface area (Å²) in [5, 5.41) is 0.733. The number of allylic oxidation sites excluding steroid dienone is 5. The average Bonchev–Trinajstić information content (AvgIpc) is 2.50. The average molecular weight is 347 g/mol. The van der Waals surface area contributed by atoms with Gasteiger partial charge in [-0.05, 0) is 60.8 Å². The molecule has 0 fully saturated rings. The number of rotatable bonds is 7. The molecule has 0 spiro atoms. The molecule has 130 valence electrons. The fourth-order valence-electron chi connectivity index (χ4n) is 2.67. The van der Waals surface area contributed by atoms with Gasteiger partial charge in [-0.25, -0.2) is 0 Å². The molecule has 24 heavy (non-hydrogen) atoms. The second-order valence-corrected chi connectivity index (χ2v) is 7.61. The van der Waals surface area contributed by atoms with E-state index in [2.05, 4.69) is 43.0 Å². The number of nitrogens with zero attached hydrogens (tertiary/aromatic N) is 1. The summed E-state index contributed by atoms with van der Waals surface area (Å²) in [6.07, 6.45) is 5.30. The Hall–Kier alpha value is -1.55. The Kier molecular flexibility index (Phi) is 6.27. The first kappa shape index (κ1) is 18.8. The Labute approximate surface area is 150 Å². The van der Waals surface area contributed by atoms with Crippen LogP contribution in [0.15, 0.2) is 54.3 Å². The SMILES string of the molecule is C=C(C1=CC(C)(C)CC(NOCCN(C)C)=C1)c1ccc(Cl)cc1. The van der Waals surface area contributed by atoms with E-state index in [0.29, 0.717) is 6.61 Å². The minimum absolute atomic E-state index is 0.0483. The topological polar surface area (TPSA) is 24.5 Å². The lowest BCUT2D eigenvalue weighted by molar-refractivity contribution is 0.0477. The van der Waals surface area contributed by atoms with E-state index in [1.54, 1.807) is 0 Å². The van der Waals surface area contributed by atoms with Gasteiger partial charge >= 0.3 is 0 Å². The van der Waals surface area contributed by atoms with Gasteiger partial charge < -0.3 is 4.90 Å².